The molecular formula is C14H15F3N6O2. The van der Waals surface area contributed by atoms with E-state index < -0.39 is 17.4 Å². The monoisotopic (exact) mass is 356 g/mol. The third-order valence-corrected chi connectivity index (χ3v) is 3.94. The number of nitrogens with zero attached hydrogens (tertiary/aromatic N) is 3. The number of halogens is 3. The van der Waals surface area contributed by atoms with E-state index >= 15 is 0 Å². The van der Waals surface area contributed by atoms with Crippen molar-refractivity contribution in [2.24, 2.45) is 5.92 Å². The number of H-pyrrole nitrogens is 2. The molecule has 3 rings (SSSR count). The average Bonchev–Trinajstić information content (AvgIpc) is 3.21. The molecule has 8 nitrogen and oxygen atoms in total. The summed E-state index contributed by atoms with van der Waals surface area (Å²) in [6.45, 7) is 0.976. The van der Waals surface area contributed by atoms with Gasteiger partial charge >= 0.3 is 11.9 Å². The lowest BCUT2D eigenvalue weighted by Crippen LogP contribution is -2.33. The minimum absolute atomic E-state index is 0.0899. The second-order valence-corrected chi connectivity index (χ2v) is 5.68. The molecule has 3 N–H and O–H groups in total. The van der Waals surface area contributed by atoms with Crippen molar-refractivity contribution in [3.8, 4) is 0 Å². The molecule has 1 saturated heterocycles. The first kappa shape index (κ1) is 17.0. The van der Waals surface area contributed by atoms with Crippen LogP contribution in [0.15, 0.2) is 23.1 Å². The number of carbonyl (C=O) groups is 1. The fourth-order valence-electron chi connectivity index (χ4n) is 2.63. The molecule has 3 heterocycles. The molecule has 0 bridgehead atoms. The Labute approximate surface area is 139 Å². The number of hydrogen-bond donors (Lipinski definition) is 3. The summed E-state index contributed by atoms with van der Waals surface area (Å²) in [5.41, 5.74) is -1.26. The summed E-state index contributed by atoms with van der Waals surface area (Å²) in [5, 5.41) is 8.55. The van der Waals surface area contributed by atoms with Crippen molar-refractivity contribution in [2.45, 2.75) is 19.1 Å². The van der Waals surface area contributed by atoms with Gasteiger partial charge in [-0.3, -0.25) is 9.78 Å². The maximum atomic E-state index is 12.6. The van der Waals surface area contributed by atoms with E-state index in [0.717, 1.165) is 12.3 Å². The molecule has 0 spiro atoms. The topological polar surface area (TPSA) is 107 Å². The highest BCUT2D eigenvalue weighted by Crippen LogP contribution is 2.30. The van der Waals surface area contributed by atoms with Crippen LogP contribution in [0.2, 0.25) is 0 Å². The molecule has 1 atom stereocenters. The first-order valence-corrected chi connectivity index (χ1v) is 7.52. The van der Waals surface area contributed by atoms with Crippen molar-refractivity contribution < 1.29 is 18.0 Å². The minimum Gasteiger partial charge on any atom is -0.356 e. The Bertz CT molecular complexity index is 798. The zero-order chi connectivity index (χ0) is 18.0. The van der Waals surface area contributed by atoms with E-state index in [2.05, 4.69) is 25.5 Å². The van der Waals surface area contributed by atoms with Crippen molar-refractivity contribution in [1.29, 1.82) is 0 Å². The third kappa shape index (κ3) is 3.98. The summed E-state index contributed by atoms with van der Waals surface area (Å²) in [4.78, 5) is 31.1. The fourth-order valence-corrected chi connectivity index (χ4v) is 2.63. The molecule has 1 aliphatic rings. The molecule has 134 valence electrons. The number of hydrogen-bond acceptors (Lipinski definition) is 5. The molecule has 1 fully saturated rings. The van der Waals surface area contributed by atoms with Gasteiger partial charge < -0.3 is 10.2 Å². The highest BCUT2D eigenvalue weighted by molar-refractivity contribution is 5.79. The molecule has 0 unspecified atom stereocenters. The summed E-state index contributed by atoms with van der Waals surface area (Å²) in [7, 11) is 0. The van der Waals surface area contributed by atoms with E-state index in [9.17, 15) is 22.8 Å². The number of nitrogens with one attached hydrogen (secondary N) is 3. The zero-order valence-corrected chi connectivity index (χ0v) is 12.9. The Hall–Kier alpha value is -2.85. The Kier molecular flexibility index (Phi) is 4.47. The van der Waals surface area contributed by atoms with Gasteiger partial charge in [-0.15, -0.1) is 0 Å². The van der Waals surface area contributed by atoms with E-state index in [0.29, 0.717) is 31.2 Å². The highest BCUT2D eigenvalue weighted by Gasteiger charge is 2.32. The number of pyridine rings is 1. The van der Waals surface area contributed by atoms with Crippen LogP contribution in [0, 0.1) is 5.92 Å². The number of amides is 1. The van der Waals surface area contributed by atoms with Crippen LogP contribution in [0.5, 0.6) is 0 Å². The van der Waals surface area contributed by atoms with Crippen LogP contribution in [-0.2, 0) is 17.5 Å². The standard InChI is InChI=1S/C14H15F3N6O2/c15-14(16,17)9-1-2-11(18-5-9)23-4-3-8(7-23)12(24)19-6-10-20-13(25)22-21-10/h1-2,5,8H,3-4,6-7H2,(H,19,24)(H2,20,21,22,25)/t8-/m1/s1. The predicted molar refractivity (Wildman–Crippen MR) is 80.6 cm³/mol. The van der Waals surface area contributed by atoms with E-state index in [1.54, 1.807) is 4.90 Å². The highest BCUT2D eigenvalue weighted by atomic mass is 19.4. The van der Waals surface area contributed by atoms with Gasteiger partial charge in [-0.1, -0.05) is 0 Å². The van der Waals surface area contributed by atoms with Crippen LogP contribution >= 0.6 is 0 Å². The van der Waals surface area contributed by atoms with Gasteiger partial charge in [-0.25, -0.2) is 14.9 Å². The molecule has 2 aromatic heterocycles. The molecular weight excluding hydrogens is 341 g/mol. The Morgan fingerprint density at radius 3 is 2.80 bits per heavy atom. The van der Waals surface area contributed by atoms with E-state index in [1.807, 2.05) is 0 Å². The van der Waals surface area contributed by atoms with Crippen LogP contribution in [0.3, 0.4) is 0 Å². The lowest BCUT2D eigenvalue weighted by atomic mass is 10.1. The largest absolute Gasteiger partial charge is 0.417 e. The number of aromatic amines is 2. The van der Waals surface area contributed by atoms with Crippen LogP contribution < -0.4 is 15.9 Å². The van der Waals surface area contributed by atoms with Crippen LogP contribution in [0.4, 0.5) is 19.0 Å². The molecule has 0 aromatic carbocycles. The first-order chi connectivity index (χ1) is 11.8. The molecule has 0 saturated carbocycles. The van der Waals surface area contributed by atoms with Crippen LogP contribution in [0.25, 0.3) is 0 Å². The predicted octanol–water partition coefficient (Wildman–Crippen LogP) is 0.654. The second-order valence-electron chi connectivity index (χ2n) is 5.68. The van der Waals surface area contributed by atoms with Crippen LogP contribution in [-0.4, -0.2) is 39.2 Å². The summed E-state index contributed by atoms with van der Waals surface area (Å²) in [6.07, 6.45) is -3.07. The third-order valence-electron chi connectivity index (χ3n) is 3.94. The van der Waals surface area contributed by atoms with Gasteiger partial charge in [-0.2, -0.15) is 18.3 Å². The first-order valence-electron chi connectivity index (χ1n) is 7.52. The molecule has 1 amide bonds. The van der Waals surface area contributed by atoms with Crippen molar-refractivity contribution in [1.82, 2.24) is 25.5 Å². The maximum absolute atomic E-state index is 12.6. The lowest BCUT2D eigenvalue weighted by molar-refractivity contribution is -0.137. The van der Waals surface area contributed by atoms with Gasteiger partial charge in [0.25, 0.3) is 0 Å². The normalized spacial score (nSPS) is 17.7. The van der Waals surface area contributed by atoms with Crippen molar-refractivity contribution in [3.63, 3.8) is 0 Å². The Balaban J connectivity index is 1.55. The number of anilines is 1. The smallest absolute Gasteiger partial charge is 0.356 e. The summed E-state index contributed by atoms with van der Waals surface area (Å²) in [6, 6.07) is 2.28. The number of aromatic nitrogens is 4. The van der Waals surface area contributed by atoms with Crippen molar-refractivity contribution in [3.05, 3.63) is 40.2 Å². The maximum Gasteiger partial charge on any atom is 0.417 e. The van der Waals surface area contributed by atoms with Gasteiger partial charge in [0.05, 0.1) is 18.0 Å². The summed E-state index contributed by atoms with van der Waals surface area (Å²) < 4.78 is 37.7. The molecule has 25 heavy (non-hydrogen) atoms. The molecule has 11 heteroatoms. The molecule has 0 radical (unpaired) electrons. The van der Waals surface area contributed by atoms with E-state index in [-0.39, 0.29) is 18.4 Å². The second kappa shape index (κ2) is 6.57. The van der Waals surface area contributed by atoms with Gasteiger partial charge in [0, 0.05) is 19.3 Å². The van der Waals surface area contributed by atoms with Gasteiger partial charge in [0.15, 0.2) is 0 Å². The Morgan fingerprint density at radius 2 is 2.20 bits per heavy atom. The SMILES string of the molecule is O=C(NCc1n[nH]c(=O)[nH]1)[C@@H]1CCN(c2ccc(C(F)(F)F)cn2)C1. The fraction of sp³-hybridized carbons (Fsp3) is 0.429. The number of carbonyl (C=O) groups excluding carboxylic acids is 1. The molecule has 2 aromatic rings. The van der Waals surface area contributed by atoms with E-state index in [1.165, 1.54) is 6.07 Å². The zero-order valence-electron chi connectivity index (χ0n) is 12.9. The summed E-state index contributed by atoms with van der Waals surface area (Å²) in [5.74, 6) is 0.200. The quantitative estimate of drug-likeness (QED) is 0.746. The van der Waals surface area contributed by atoms with Gasteiger partial charge in [0.1, 0.15) is 11.6 Å². The van der Waals surface area contributed by atoms with E-state index in [4.69, 9.17) is 0 Å². The molecule has 1 aliphatic heterocycles. The number of rotatable bonds is 4. The lowest BCUT2D eigenvalue weighted by Gasteiger charge is -2.18. The van der Waals surface area contributed by atoms with Crippen molar-refractivity contribution >= 4 is 11.7 Å². The number of alkyl halides is 3. The molecule has 0 aliphatic carbocycles. The van der Waals surface area contributed by atoms with Gasteiger partial charge in [0.2, 0.25) is 5.91 Å². The minimum atomic E-state index is -4.42. The van der Waals surface area contributed by atoms with Crippen LogP contribution in [0.1, 0.15) is 17.8 Å². The van der Waals surface area contributed by atoms with Gasteiger partial charge in [-0.05, 0) is 18.6 Å². The van der Waals surface area contributed by atoms with Crippen molar-refractivity contribution in [2.75, 3.05) is 18.0 Å². The average molecular weight is 356 g/mol. The summed E-state index contributed by atoms with van der Waals surface area (Å²) >= 11 is 0. The Morgan fingerprint density at radius 1 is 1.40 bits per heavy atom.